The average molecular weight is 534 g/mol. The molecule has 1 saturated carbocycles. The highest BCUT2D eigenvalue weighted by Crippen LogP contribution is 2.35. The number of aromatic nitrogens is 2. The molecule has 0 aliphatic heterocycles. The van der Waals surface area contributed by atoms with E-state index in [4.69, 9.17) is 4.42 Å². The van der Waals surface area contributed by atoms with Crippen LogP contribution in [-0.2, 0) is 4.79 Å². The van der Waals surface area contributed by atoms with Crippen molar-refractivity contribution in [2.24, 2.45) is 5.92 Å². The Kier molecular flexibility index (Phi) is 10.2. The smallest absolute Gasteiger partial charge is 0.286 e. The number of halogens is 1. The van der Waals surface area contributed by atoms with Crippen LogP contribution >= 0.6 is 11.8 Å². The molecule has 1 heterocycles. The molecule has 0 radical (unpaired) electrons. The number of amides is 2. The summed E-state index contributed by atoms with van der Waals surface area (Å²) in [6, 6.07) is 4.34. The van der Waals surface area contributed by atoms with E-state index in [2.05, 4.69) is 15.5 Å². The molecule has 11 heteroatoms. The van der Waals surface area contributed by atoms with Crippen LogP contribution in [0.3, 0.4) is 0 Å². The molecular formula is C26H36FN5O4S. The van der Waals surface area contributed by atoms with E-state index in [9.17, 15) is 18.8 Å². The zero-order chi connectivity index (χ0) is 27.0. The van der Waals surface area contributed by atoms with Gasteiger partial charge in [0.25, 0.3) is 17.0 Å². The summed E-state index contributed by atoms with van der Waals surface area (Å²) in [7, 11) is 3.92. The van der Waals surface area contributed by atoms with E-state index in [1.807, 2.05) is 32.8 Å². The number of nitrogens with zero attached hydrogens (tertiary/aromatic N) is 4. The fourth-order valence-corrected chi connectivity index (χ4v) is 5.43. The molecule has 37 heavy (non-hydrogen) atoms. The highest BCUT2D eigenvalue weighted by atomic mass is 32.2. The van der Waals surface area contributed by atoms with Gasteiger partial charge in [-0.25, -0.2) is 4.39 Å². The van der Waals surface area contributed by atoms with Gasteiger partial charge in [0.1, 0.15) is 17.5 Å². The molecule has 1 atom stereocenters. The third-order valence-corrected chi connectivity index (χ3v) is 7.25. The van der Waals surface area contributed by atoms with E-state index in [0.29, 0.717) is 30.9 Å². The van der Waals surface area contributed by atoms with Gasteiger partial charge < -0.3 is 19.5 Å². The molecule has 3 rings (SSSR count). The Morgan fingerprint density at radius 3 is 2.43 bits per heavy atom. The maximum Gasteiger partial charge on any atom is 0.286 e. The number of hydrogen-bond donors (Lipinski definition) is 1. The second-order valence-electron chi connectivity index (χ2n) is 10.1. The molecular weight excluding hydrogens is 497 g/mol. The fraction of sp³-hybridized carbons (Fsp3) is 0.577. The van der Waals surface area contributed by atoms with Crippen LogP contribution in [0.5, 0.6) is 0 Å². The van der Waals surface area contributed by atoms with Crippen molar-refractivity contribution in [3.05, 3.63) is 41.5 Å². The van der Waals surface area contributed by atoms with Gasteiger partial charge in [0.15, 0.2) is 0 Å². The predicted molar refractivity (Wildman–Crippen MR) is 139 cm³/mol. The number of benzene rings is 1. The van der Waals surface area contributed by atoms with Gasteiger partial charge in [-0.3, -0.25) is 14.4 Å². The minimum absolute atomic E-state index is 0.0710. The van der Waals surface area contributed by atoms with Crippen LogP contribution in [0.1, 0.15) is 73.4 Å². The largest absolute Gasteiger partial charge is 0.408 e. The van der Waals surface area contributed by atoms with Crippen molar-refractivity contribution >= 4 is 29.9 Å². The number of carbonyl (C=O) groups is 3. The molecule has 0 spiro atoms. The Balaban J connectivity index is 1.89. The Morgan fingerprint density at radius 2 is 1.84 bits per heavy atom. The van der Waals surface area contributed by atoms with Crippen LogP contribution in [-0.4, -0.2) is 76.2 Å². The Labute approximate surface area is 221 Å². The van der Waals surface area contributed by atoms with Gasteiger partial charge in [-0.05, 0) is 76.4 Å². The molecule has 2 aromatic rings. The maximum absolute atomic E-state index is 13.7. The molecule has 202 valence electrons. The number of nitrogens with one attached hydrogen (secondary N) is 1. The van der Waals surface area contributed by atoms with Crippen molar-refractivity contribution < 1.29 is 23.2 Å². The summed E-state index contributed by atoms with van der Waals surface area (Å²) < 4.78 is 19.1. The van der Waals surface area contributed by atoms with E-state index < -0.39 is 29.2 Å². The van der Waals surface area contributed by atoms with E-state index in [-0.39, 0.29) is 17.4 Å². The quantitative estimate of drug-likeness (QED) is 0.178. The zero-order valence-electron chi connectivity index (χ0n) is 21.9. The second kappa shape index (κ2) is 13.1. The van der Waals surface area contributed by atoms with Crippen molar-refractivity contribution in [3.63, 3.8) is 0 Å². The standard InChI is InChI=1S/C26H36FN5O4S/c1-18(2)16-21(22(34)24-29-30-25(36-24)37-15-14-31(3)4)32(17-33)26(12-6-5-7-13-26)28-23(35)19-8-10-20(27)11-9-19/h8-11,17-18,21H,5-7,12-16H2,1-4H3,(H,28,35). The molecule has 1 aromatic carbocycles. The zero-order valence-corrected chi connectivity index (χ0v) is 22.7. The third-order valence-electron chi connectivity index (χ3n) is 6.46. The monoisotopic (exact) mass is 533 g/mol. The highest BCUT2D eigenvalue weighted by molar-refractivity contribution is 7.99. The summed E-state index contributed by atoms with van der Waals surface area (Å²) in [5, 5.41) is 11.3. The van der Waals surface area contributed by atoms with Crippen molar-refractivity contribution in [1.29, 1.82) is 0 Å². The first-order chi connectivity index (χ1) is 17.6. The van der Waals surface area contributed by atoms with Gasteiger partial charge in [-0.15, -0.1) is 10.2 Å². The van der Waals surface area contributed by atoms with Crippen molar-refractivity contribution in [2.75, 3.05) is 26.4 Å². The highest BCUT2D eigenvalue weighted by Gasteiger charge is 2.45. The van der Waals surface area contributed by atoms with Gasteiger partial charge in [0.05, 0.1) is 0 Å². The van der Waals surface area contributed by atoms with Gasteiger partial charge >= 0.3 is 0 Å². The first kappa shape index (κ1) is 28.8. The van der Waals surface area contributed by atoms with Gasteiger partial charge in [0.2, 0.25) is 12.2 Å². The van der Waals surface area contributed by atoms with Gasteiger partial charge in [-0.1, -0.05) is 32.0 Å². The summed E-state index contributed by atoms with van der Waals surface area (Å²) in [5.74, 6) is -0.685. The number of ketones is 1. The Morgan fingerprint density at radius 1 is 1.16 bits per heavy atom. The lowest BCUT2D eigenvalue weighted by Gasteiger charge is -2.48. The average Bonchev–Trinajstić information content (AvgIpc) is 3.33. The topological polar surface area (TPSA) is 109 Å². The van der Waals surface area contributed by atoms with Gasteiger partial charge in [0, 0.05) is 17.9 Å². The van der Waals surface area contributed by atoms with E-state index in [0.717, 1.165) is 31.6 Å². The SMILES string of the molecule is CC(C)CC(C(=O)c1nnc(SCCN(C)C)o1)N(C=O)C1(NC(=O)c2ccc(F)cc2)CCCCC1. The van der Waals surface area contributed by atoms with E-state index in [1.165, 1.54) is 40.9 Å². The molecule has 0 bridgehead atoms. The van der Waals surface area contributed by atoms with Crippen LogP contribution in [0.4, 0.5) is 4.39 Å². The fourth-order valence-electron chi connectivity index (χ4n) is 4.56. The van der Waals surface area contributed by atoms with Crippen molar-refractivity contribution in [3.8, 4) is 0 Å². The summed E-state index contributed by atoms with van der Waals surface area (Å²) in [6.07, 6.45) is 4.52. The lowest BCUT2D eigenvalue weighted by Crippen LogP contribution is -2.65. The molecule has 1 aliphatic rings. The molecule has 2 amide bonds. The molecule has 1 unspecified atom stereocenters. The van der Waals surface area contributed by atoms with Gasteiger partial charge in [-0.2, -0.15) is 0 Å². The molecule has 1 fully saturated rings. The van der Waals surface area contributed by atoms with Crippen LogP contribution < -0.4 is 5.32 Å². The number of rotatable bonds is 13. The maximum atomic E-state index is 13.7. The Bertz CT molecular complexity index is 1050. The van der Waals surface area contributed by atoms with Crippen LogP contribution in [0, 0.1) is 11.7 Å². The third kappa shape index (κ3) is 7.61. The molecule has 0 saturated heterocycles. The number of carbonyl (C=O) groups excluding carboxylic acids is 3. The number of thioether (sulfide) groups is 1. The minimum atomic E-state index is -1.07. The van der Waals surface area contributed by atoms with Crippen LogP contribution in [0.15, 0.2) is 33.9 Å². The van der Waals surface area contributed by atoms with Crippen LogP contribution in [0.2, 0.25) is 0 Å². The first-order valence-electron chi connectivity index (χ1n) is 12.6. The van der Waals surface area contributed by atoms with Crippen molar-refractivity contribution in [1.82, 2.24) is 25.3 Å². The first-order valence-corrected chi connectivity index (χ1v) is 13.6. The van der Waals surface area contributed by atoms with E-state index in [1.54, 1.807) is 0 Å². The molecule has 9 nitrogen and oxygen atoms in total. The van der Waals surface area contributed by atoms with E-state index >= 15 is 0 Å². The van der Waals surface area contributed by atoms with Crippen molar-refractivity contribution in [2.45, 2.75) is 69.3 Å². The molecule has 1 N–H and O–H groups in total. The second-order valence-corrected chi connectivity index (χ2v) is 11.1. The molecule has 1 aliphatic carbocycles. The predicted octanol–water partition coefficient (Wildman–Crippen LogP) is 4.01. The molecule has 1 aromatic heterocycles. The number of Topliss-reactive ketones (excluding diaryl/α,β-unsaturated/α-hetero) is 1. The summed E-state index contributed by atoms with van der Waals surface area (Å²) in [6.45, 7) is 4.73. The lowest BCUT2D eigenvalue weighted by atomic mass is 9.84. The van der Waals surface area contributed by atoms with Crippen LogP contribution in [0.25, 0.3) is 0 Å². The summed E-state index contributed by atoms with van der Waals surface area (Å²) in [4.78, 5) is 43.0. The summed E-state index contributed by atoms with van der Waals surface area (Å²) in [5.41, 5.74) is -0.787. The summed E-state index contributed by atoms with van der Waals surface area (Å²) >= 11 is 1.36. The Hall–Kier alpha value is -2.79. The lowest BCUT2D eigenvalue weighted by molar-refractivity contribution is -0.129. The normalized spacial score (nSPS) is 16.0. The number of hydrogen-bond acceptors (Lipinski definition) is 8. The minimum Gasteiger partial charge on any atom is -0.408 e.